The number of nitrogens with zero attached hydrogens (tertiary/aromatic N) is 2. The number of rotatable bonds is 7. The van der Waals surface area contributed by atoms with E-state index in [-0.39, 0.29) is 28.0 Å². The first-order chi connectivity index (χ1) is 19.8. The smallest absolute Gasteiger partial charge is 0.343 e. The minimum Gasteiger partial charge on any atom is -0.481 e. The molecule has 0 bridgehead atoms. The first-order valence-electron chi connectivity index (χ1n) is 12.3. The molecule has 0 aromatic heterocycles. The van der Waals surface area contributed by atoms with Crippen LogP contribution in [0.15, 0.2) is 109 Å². The Morgan fingerprint density at radius 1 is 0.732 bits per heavy atom. The van der Waals surface area contributed by atoms with Crippen molar-refractivity contribution in [3.8, 4) is 5.75 Å². The van der Waals surface area contributed by atoms with E-state index in [4.69, 9.17) is 27.9 Å². The van der Waals surface area contributed by atoms with Gasteiger partial charge in [0.1, 0.15) is 5.57 Å². The number of para-hydroxylation sites is 3. The Balaban J connectivity index is 1.45. The van der Waals surface area contributed by atoms with Crippen LogP contribution in [0.2, 0.25) is 10.0 Å². The average molecular weight is 586 g/mol. The molecule has 1 aliphatic heterocycles. The summed E-state index contributed by atoms with van der Waals surface area (Å²) in [5.74, 6) is -1.96. The Labute approximate surface area is 245 Å². The number of carbonyl (C=O) groups is 4. The van der Waals surface area contributed by atoms with Crippen LogP contribution in [-0.2, 0) is 14.4 Å². The minimum atomic E-state index is -0.803. The van der Waals surface area contributed by atoms with Crippen LogP contribution in [0.25, 0.3) is 6.08 Å². The van der Waals surface area contributed by atoms with Gasteiger partial charge in [0.15, 0.2) is 12.4 Å². The van der Waals surface area contributed by atoms with Gasteiger partial charge in [-0.2, -0.15) is 0 Å². The van der Waals surface area contributed by atoms with Crippen molar-refractivity contribution in [3.63, 3.8) is 0 Å². The summed E-state index contributed by atoms with van der Waals surface area (Å²) in [6.45, 7) is -0.355. The lowest BCUT2D eigenvalue weighted by Crippen LogP contribution is -2.57. The summed E-state index contributed by atoms with van der Waals surface area (Å²) < 4.78 is 5.56. The zero-order valence-corrected chi connectivity index (χ0v) is 22.8. The van der Waals surface area contributed by atoms with E-state index in [0.717, 1.165) is 9.80 Å². The predicted octanol–water partition coefficient (Wildman–Crippen LogP) is 6.59. The maximum absolute atomic E-state index is 13.5. The van der Waals surface area contributed by atoms with E-state index in [0.29, 0.717) is 22.6 Å². The number of ether oxygens (including phenoxy) is 1. The minimum absolute atomic E-state index is 0.0588. The van der Waals surface area contributed by atoms with Crippen molar-refractivity contribution in [3.05, 3.63) is 124 Å². The van der Waals surface area contributed by atoms with Gasteiger partial charge in [-0.1, -0.05) is 77.8 Å². The molecule has 0 spiro atoms. The Kier molecular flexibility index (Phi) is 8.14. The van der Waals surface area contributed by atoms with Crippen molar-refractivity contribution in [2.45, 2.75) is 0 Å². The molecule has 0 aliphatic carbocycles. The maximum atomic E-state index is 13.5. The van der Waals surface area contributed by atoms with Gasteiger partial charge >= 0.3 is 6.03 Å². The first kappa shape index (κ1) is 27.6. The van der Waals surface area contributed by atoms with Gasteiger partial charge in [-0.15, -0.1) is 0 Å². The van der Waals surface area contributed by atoms with E-state index in [9.17, 15) is 19.2 Å². The standard InChI is InChI=1S/C31H21Cl2N3O5/c32-25-17-20(18-26(33)28(25)41-19-27(37)34-21-10-4-1-5-11-21)16-24-29(38)35(22-12-6-2-7-13-22)31(40)36(30(24)39)23-14-8-3-9-15-23/h1-18H,19H2,(H,34,37). The summed E-state index contributed by atoms with van der Waals surface area (Å²) >= 11 is 12.9. The maximum Gasteiger partial charge on any atom is 0.343 e. The van der Waals surface area contributed by atoms with Crippen LogP contribution >= 0.6 is 23.2 Å². The summed E-state index contributed by atoms with van der Waals surface area (Å²) in [6, 6.07) is 27.6. The molecule has 0 saturated carbocycles. The van der Waals surface area contributed by atoms with Crippen LogP contribution in [0.4, 0.5) is 21.9 Å². The van der Waals surface area contributed by atoms with Crippen molar-refractivity contribution in [1.82, 2.24) is 0 Å². The molecule has 8 nitrogen and oxygen atoms in total. The predicted molar refractivity (Wildman–Crippen MR) is 158 cm³/mol. The van der Waals surface area contributed by atoms with Crippen molar-refractivity contribution in [2.24, 2.45) is 0 Å². The molecular weight excluding hydrogens is 565 g/mol. The van der Waals surface area contributed by atoms with Gasteiger partial charge in [-0.05, 0) is 60.2 Å². The number of nitrogens with one attached hydrogen (secondary N) is 1. The fourth-order valence-corrected chi connectivity index (χ4v) is 4.78. The van der Waals surface area contributed by atoms with E-state index in [1.165, 1.54) is 18.2 Å². The fraction of sp³-hybridized carbons (Fsp3) is 0.0323. The molecule has 1 N–H and O–H groups in total. The number of hydrogen-bond acceptors (Lipinski definition) is 5. The highest BCUT2D eigenvalue weighted by Crippen LogP contribution is 2.36. The molecule has 10 heteroatoms. The number of amides is 5. The average Bonchev–Trinajstić information content (AvgIpc) is 2.96. The van der Waals surface area contributed by atoms with Crippen LogP contribution in [-0.4, -0.2) is 30.4 Å². The quantitative estimate of drug-likeness (QED) is 0.195. The van der Waals surface area contributed by atoms with Crippen molar-refractivity contribution in [1.29, 1.82) is 0 Å². The fourth-order valence-electron chi connectivity index (χ4n) is 4.16. The second kappa shape index (κ2) is 12.1. The monoisotopic (exact) mass is 585 g/mol. The molecule has 41 heavy (non-hydrogen) atoms. The zero-order chi connectivity index (χ0) is 28.9. The molecule has 0 atom stereocenters. The molecule has 4 aromatic carbocycles. The number of carbonyl (C=O) groups excluding carboxylic acids is 4. The van der Waals surface area contributed by atoms with Gasteiger partial charge in [0, 0.05) is 5.69 Å². The molecule has 5 amide bonds. The highest BCUT2D eigenvalue weighted by Gasteiger charge is 2.43. The Bertz CT molecular complexity index is 1570. The number of barbiturate groups is 1. The summed E-state index contributed by atoms with van der Waals surface area (Å²) in [5.41, 5.74) is 1.24. The van der Waals surface area contributed by atoms with E-state index < -0.39 is 23.8 Å². The number of urea groups is 1. The van der Waals surface area contributed by atoms with Gasteiger partial charge < -0.3 is 10.1 Å². The normalized spacial score (nSPS) is 13.3. The molecule has 0 radical (unpaired) electrons. The first-order valence-corrected chi connectivity index (χ1v) is 13.1. The lowest BCUT2D eigenvalue weighted by molar-refractivity contribution is -0.121. The number of hydrogen-bond donors (Lipinski definition) is 1. The zero-order valence-electron chi connectivity index (χ0n) is 21.3. The second-order valence-corrected chi connectivity index (χ2v) is 9.62. The van der Waals surface area contributed by atoms with Crippen LogP contribution in [0.1, 0.15) is 5.56 Å². The summed E-state index contributed by atoms with van der Waals surface area (Å²) in [6.07, 6.45) is 1.31. The van der Waals surface area contributed by atoms with Gasteiger partial charge in [-0.3, -0.25) is 14.4 Å². The Hall–Kier alpha value is -4.92. The van der Waals surface area contributed by atoms with Crippen LogP contribution < -0.4 is 19.9 Å². The second-order valence-electron chi connectivity index (χ2n) is 8.81. The van der Waals surface area contributed by atoms with Crippen molar-refractivity contribution in [2.75, 3.05) is 21.7 Å². The highest BCUT2D eigenvalue weighted by molar-refractivity contribution is 6.46. The van der Waals surface area contributed by atoms with Gasteiger partial charge in [-0.25, -0.2) is 14.6 Å². The lowest BCUT2D eigenvalue weighted by Gasteiger charge is -2.33. The van der Waals surface area contributed by atoms with E-state index >= 15 is 0 Å². The summed E-state index contributed by atoms with van der Waals surface area (Å²) in [4.78, 5) is 54.7. The molecule has 1 heterocycles. The number of imide groups is 2. The third kappa shape index (κ3) is 5.99. The van der Waals surface area contributed by atoms with Gasteiger partial charge in [0.05, 0.1) is 21.4 Å². The SMILES string of the molecule is O=C(COc1c(Cl)cc(C=C2C(=O)N(c3ccccc3)C(=O)N(c3ccccc3)C2=O)cc1Cl)Nc1ccccc1. The molecule has 5 rings (SSSR count). The largest absolute Gasteiger partial charge is 0.481 e. The molecule has 0 unspecified atom stereocenters. The van der Waals surface area contributed by atoms with E-state index in [2.05, 4.69) is 5.32 Å². The molecule has 204 valence electrons. The Morgan fingerprint density at radius 3 is 1.68 bits per heavy atom. The Morgan fingerprint density at radius 2 is 1.20 bits per heavy atom. The van der Waals surface area contributed by atoms with E-state index in [1.54, 1.807) is 84.9 Å². The molecule has 1 saturated heterocycles. The third-order valence-corrected chi connectivity index (χ3v) is 6.58. The summed E-state index contributed by atoms with van der Waals surface area (Å²) in [7, 11) is 0. The van der Waals surface area contributed by atoms with Crippen molar-refractivity contribution < 1.29 is 23.9 Å². The van der Waals surface area contributed by atoms with Crippen LogP contribution in [0.3, 0.4) is 0 Å². The molecule has 1 fully saturated rings. The number of benzene rings is 4. The van der Waals surface area contributed by atoms with Crippen molar-refractivity contribution >= 4 is 70.1 Å². The highest BCUT2D eigenvalue weighted by atomic mass is 35.5. The molecule has 1 aliphatic rings. The topological polar surface area (TPSA) is 96.0 Å². The third-order valence-electron chi connectivity index (χ3n) is 6.02. The van der Waals surface area contributed by atoms with Gasteiger partial charge in [0.25, 0.3) is 17.7 Å². The van der Waals surface area contributed by atoms with Gasteiger partial charge in [0.2, 0.25) is 0 Å². The van der Waals surface area contributed by atoms with Crippen LogP contribution in [0, 0.1) is 0 Å². The van der Waals surface area contributed by atoms with Crippen LogP contribution in [0.5, 0.6) is 5.75 Å². The number of halogens is 2. The molecular formula is C31H21Cl2N3O5. The number of anilines is 3. The molecule has 4 aromatic rings. The lowest BCUT2D eigenvalue weighted by atomic mass is 10.0. The van der Waals surface area contributed by atoms with E-state index in [1.807, 2.05) is 6.07 Å². The summed E-state index contributed by atoms with van der Waals surface area (Å²) in [5, 5.41) is 2.81.